The highest BCUT2D eigenvalue weighted by Gasteiger charge is 2.40. The van der Waals surface area contributed by atoms with Crippen LogP contribution in [0.25, 0.3) is 5.69 Å². The number of rotatable bonds is 4. The fraction of sp³-hybridized carbons (Fsp3) is 0.469. The molecule has 1 saturated heterocycles. The number of likely N-dealkylation sites (tertiary alicyclic amines) is 1. The van der Waals surface area contributed by atoms with E-state index in [9.17, 15) is 9.59 Å². The summed E-state index contributed by atoms with van der Waals surface area (Å²) in [6.07, 6.45) is 1.98. The van der Waals surface area contributed by atoms with Crippen molar-refractivity contribution < 1.29 is 19.1 Å². The van der Waals surface area contributed by atoms with Gasteiger partial charge < -0.3 is 14.4 Å². The first-order valence-corrected chi connectivity index (χ1v) is 15.4. The monoisotopic (exact) mass is 574 g/mol. The van der Waals surface area contributed by atoms with Gasteiger partial charge in [-0.05, 0) is 61.1 Å². The number of piperidine rings is 1. The fourth-order valence-corrected chi connectivity index (χ4v) is 7.03. The molecule has 0 aliphatic carbocycles. The lowest BCUT2D eigenvalue weighted by atomic mass is 9.87. The van der Waals surface area contributed by atoms with Gasteiger partial charge in [-0.25, -0.2) is 4.68 Å². The summed E-state index contributed by atoms with van der Waals surface area (Å²) in [5, 5.41) is 5.02. The number of aromatic nitrogens is 2. The van der Waals surface area contributed by atoms with Crippen molar-refractivity contribution in [1.82, 2.24) is 14.7 Å². The van der Waals surface area contributed by atoms with Gasteiger partial charge in [-0.15, -0.1) is 11.8 Å². The molecule has 1 unspecified atom stereocenters. The highest BCUT2D eigenvalue weighted by molar-refractivity contribution is 8.00. The molecule has 0 saturated carbocycles. The number of fused-ring (bicyclic) bond motifs is 2. The van der Waals surface area contributed by atoms with Crippen LogP contribution in [0.2, 0.25) is 0 Å². The number of carbonyl (C=O) groups is 2. The fourth-order valence-electron chi connectivity index (χ4n) is 5.85. The Bertz CT molecular complexity index is 1490. The minimum absolute atomic E-state index is 0.00424. The van der Waals surface area contributed by atoms with E-state index >= 15 is 0 Å². The predicted octanol–water partition coefficient (Wildman–Crippen LogP) is 5.63. The Morgan fingerprint density at radius 3 is 2.56 bits per heavy atom. The number of anilines is 1. The maximum Gasteiger partial charge on any atom is 0.242 e. The third-order valence-electron chi connectivity index (χ3n) is 8.17. The minimum atomic E-state index is -0.319. The van der Waals surface area contributed by atoms with Crippen molar-refractivity contribution in [2.75, 3.05) is 37.1 Å². The quantitative estimate of drug-likeness (QED) is 0.402. The number of ether oxygens (including phenoxy) is 2. The Morgan fingerprint density at radius 2 is 1.83 bits per heavy atom. The molecule has 6 rings (SSSR count). The smallest absolute Gasteiger partial charge is 0.242 e. The molecular formula is C32H38N4O4S. The van der Waals surface area contributed by atoms with Crippen LogP contribution >= 0.6 is 11.8 Å². The van der Waals surface area contributed by atoms with Crippen LogP contribution in [-0.4, -0.2) is 58.7 Å². The molecule has 2 amide bonds. The second-order valence-corrected chi connectivity index (χ2v) is 13.5. The molecule has 3 aliphatic rings. The van der Waals surface area contributed by atoms with E-state index in [1.807, 2.05) is 52.9 Å². The van der Waals surface area contributed by atoms with Gasteiger partial charge in [0.05, 0.1) is 22.4 Å². The Kier molecular flexibility index (Phi) is 7.26. The number of nitrogens with zero attached hydrogens (tertiary/aromatic N) is 4. The average Bonchev–Trinajstić information content (AvgIpc) is 3.54. The van der Waals surface area contributed by atoms with Crippen LogP contribution in [0.5, 0.6) is 11.5 Å². The van der Waals surface area contributed by atoms with Crippen LogP contribution in [0.15, 0.2) is 42.5 Å². The number of benzene rings is 2. The standard InChI is InChI=1S/C32H38N4O4S/c1-20-11-13-34(14-12-20)26(37)17-35-27(38)18-41-29(22-9-10-24-25(16-22)40-19-39-24)28-30(32(3,4)5)33-36(31(28)35)23-8-6-7-21(2)15-23/h6-10,15-16,20,29H,11-14,17-19H2,1-5H3. The van der Waals surface area contributed by atoms with Crippen LogP contribution in [0.3, 0.4) is 0 Å². The minimum Gasteiger partial charge on any atom is -0.454 e. The molecule has 1 aromatic heterocycles. The van der Waals surface area contributed by atoms with Gasteiger partial charge in [-0.2, -0.15) is 5.10 Å². The Hall–Kier alpha value is -3.46. The first-order valence-electron chi connectivity index (χ1n) is 14.4. The van der Waals surface area contributed by atoms with Crippen LogP contribution in [0.4, 0.5) is 5.82 Å². The van der Waals surface area contributed by atoms with Gasteiger partial charge in [0.15, 0.2) is 11.5 Å². The average molecular weight is 575 g/mol. The molecule has 2 aromatic carbocycles. The van der Waals surface area contributed by atoms with Gasteiger partial charge in [0.2, 0.25) is 18.6 Å². The lowest BCUT2D eigenvalue weighted by Crippen LogP contribution is -2.46. The van der Waals surface area contributed by atoms with Crippen LogP contribution in [0.1, 0.15) is 68.2 Å². The van der Waals surface area contributed by atoms with Gasteiger partial charge in [0.1, 0.15) is 12.4 Å². The first-order chi connectivity index (χ1) is 19.6. The normalized spacial score (nSPS) is 19.3. The zero-order valence-corrected chi connectivity index (χ0v) is 25.3. The predicted molar refractivity (Wildman–Crippen MR) is 161 cm³/mol. The number of aryl methyl sites for hydroxylation is 1. The van der Waals surface area contributed by atoms with Crippen molar-refractivity contribution in [3.63, 3.8) is 0 Å². The number of thioether (sulfide) groups is 1. The van der Waals surface area contributed by atoms with Crippen molar-refractivity contribution in [2.45, 2.75) is 58.1 Å². The summed E-state index contributed by atoms with van der Waals surface area (Å²) in [6, 6.07) is 14.1. The molecule has 1 fully saturated rings. The molecule has 3 aliphatic heterocycles. The summed E-state index contributed by atoms with van der Waals surface area (Å²) in [5.74, 6) is 2.85. The number of carbonyl (C=O) groups excluding carboxylic acids is 2. The Morgan fingerprint density at radius 1 is 1.07 bits per heavy atom. The van der Waals surface area contributed by atoms with Crippen molar-refractivity contribution in [1.29, 1.82) is 0 Å². The lowest BCUT2D eigenvalue weighted by molar-refractivity contribution is -0.132. The van der Waals surface area contributed by atoms with E-state index in [1.54, 1.807) is 16.7 Å². The summed E-state index contributed by atoms with van der Waals surface area (Å²) < 4.78 is 13.2. The van der Waals surface area contributed by atoms with Gasteiger partial charge in [0, 0.05) is 24.1 Å². The third-order valence-corrected chi connectivity index (χ3v) is 9.43. The van der Waals surface area contributed by atoms with E-state index in [0.29, 0.717) is 17.5 Å². The van der Waals surface area contributed by atoms with Gasteiger partial charge in [0.25, 0.3) is 0 Å². The SMILES string of the molecule is Cc1cccc(-n2nc(C(C)(C)C)c3c2N(CC(=O)N2CCC(C)CC2)C(=O)CSC3c2ccc3c(c2)OCO3)c1. The molecule has 41 heavy (non-hydrogen) atoms. The van der Waals surface area contributed by atoms with Crippen molar-refractivity contribution in [2.24, 2.45) is 5.92 Å². The summed E-state index contributed by atoms with van der Waals surface area (Å²) >= 11 is 1.58. The maximum atomic E-state index is 14.0. The zero-order chi connectivity index (χ0) is 28.9. The van der Waals surface area contributed by atoms with Gasteiger partial charge in [-0.3, -0.25) is 14.5 Å². The molecule has 0 N–H and O–H groups in total. The molecule has 8 nitrogen and oxygen atoms in total. The molecule has 4 heterocycles. The largest absolute Gasteiger partial charge is 0.454 e. The van der Waals surface area contributed by atoms with Crippen molar-refractivity contribution in [3.05, 3.63) is 64.8 Å². The van der Waals surface area contributed by atoms with E-state index < -0.39 is 0 Å². The summed E-state index contributed by atoms with van der Waals surface area (Å²) in [7, 11) is 0. The molecule has 0 radical (unpaired) electrons. The van der Waals surface area contributed by atoms with E-state index in [1.165, 1.54) is 0 Å². The van der Waals surface area contributed by atoms with Crippen LogP contribution in [0, 0.1) is 12.8 Å². The number of hydrogen-bond acceptors (Lipinski definition) is 6. The topological polar surface area (TPSA) is 76.9 Å². The summed E-state index contributed by atoms with van der Waals surface area (Å²) in [4.78, 5) is 31.3. The van der Waals surface area contributed by atoms with Gasteiger partial charge >= 0.3 is 0 Å². The maximum absolute atomic E-state index is 14.0. The second kappa shape index (κ2) is 10.7. The third kappa shape index (κ3) is 5.32. The zero-order valence-electron chi connectivity index (χ0n) is 24.5. The van der Waals surface area contributed by atoms with E-state index in [2.05, 4.69) is 33.8 Å². The number of hydrogen-bond donors (Lipinski definition) is 0. The number of amides is 2. The molecule has 0 bridgehead atoms. The van der Waals surface area contributed by atoms with Crippen molar-refractivity contribution in [3.8, 4) is 17.2 Å². The lowest BCUT2D eigenvalue weighted by Gasteiger charge is -2.32. The molecule has 216 valence electrons. The second-order valence-electron chi connectivity index (χ2n) is 12.4. The highest BCUT2D eigenvalue weighted by Crippen LogP contribution is 2.50. The van der Waals surface area contributed by atoms with E-state index in [4.69, 9.17) is 14.6 Å². The first kappa shape index (κ1) is 27.7. The van der Waals surface area contributed by atoms with Crippen LogP contribution < -0.4 is 14.4 Å². The molecule has 3 aromatic rings. The molecule has 0 spiro atoms. The van der Waals surface area contributed by atoms with Gasteiger partial charge in [-0.1, -0.05) is 45.9 Å². The van der Waals surface area contributed by atoms with Crippen molar-refractivity contribution >= 4 is 29.4 Å². The van der Waals surface area contributed by atoms with Crippen LogP contribution in [-0.2, 0) is 15.0 Å². The highest BCUT2D eigenvalue weighted by atomic mass is 32.2. The molecule has 1 atom stereocenters. The summed E-state index contributed by atoms with van der Waals surface area (Å²) in [5.41, 5.74) is 4.53. The van der Waals surface area contributed by atoms with E-state index in [0.717, 1.165) is 59.8 Å². The van der Waals surface area contributed by atoms with E-state index in [-0.39, 0.29) is 41.6 Å². The molecular weight excluding hydrogens is 536 g/mol. The molecule has 9 heteroatoms. The Labute approximate surface area is 246 Å². The summed E-state index contributed by atoms with van der Waals surface area (Å²) in [6.45, 7) is 12.4. The Balaban J connectivity index is 1.53.